The van der Waals surface area contributed by atoms with E-state index < -0.39 is 10.0 Å². The normalized spacial score (nSPS) is 23.7. The molecule has 1 saturated carbocycles. The van der Waals surface area contributed by atoms with Crippen LogP contribution >= 0.6 is 0 Å². The smallest absolute Gasteiger partial charge is 0.241 e. The van der Waals surface area contributed by atoms with Crippen LogP contribution in [0.1, 0.15) is 25.7 Å². The van der Waals surface area contributed by atoms with E-state index in [0.29, 0.717) is 4.90 Å². The third-order valence-electron chi connectivity index (χ3n) is 5.50. The summed E-state index contributed by atoms with van der Waals surface area (Å²) in [6.07, 6.45) is 3.93. The first-order chi connectivity index (χ1) is 11.1. The van der Waals surface area contributed by atoms with Crippen LogP contribution < -0.4 is 4.72 Å². The zero-order valence-corrected chi connectivity index (χ0v) is 13.8. The van der Waals surface area contributed by atoms with Gasteiger partial charge in [0.15, 0.2) is 0 Å². The molecule has 2 aromatic rings. The van der Waals surface area contributed by atoms with Gasteiger partial charge in [-0.05, 0) is 42.6 Å². The highest BCUT2D eigenvalue weighted by Crippen LogP contribution is 2.49. The maximum atomic E-state index is 12.9. The van der Waals surface area contributed by atoms with Crippen molar-refractivity contribution < 1.29 is 13.2 Å². The fourth-order valence-electron chi connectivity index (χ4n) is 3.94. The van der Waals surface area contributed by atoms with E-state index in [9.17, 15) is 8.42 Å². The largest absolute Gasteiger partial charge is 0.381 e. The molecule has 0 aromatic heterocycles. The number of ether oxygens (including phenoxy) is 1. The van der Waals surface area contributed by atoms with Crippen LogP contribution in [0.3, 0.4) is 0 Å². The first kappa shape index (κ1) is 15.1. The molecule has 1 unspecified atom stereocenters. The van der Waals surface area contributed by atoms with Crippen LogP contribution in [0.5, 0.6) is 0 Å². The maximum absolute atomic E-state index is 12.9. The standard InChI is InChI=1S/C18H21NO3S/c20-23(21,16-7-3-5-14-4-1-2-6-15(14)16)19-17-8-9-18(17)10-12-22-13-11-18/h1-7,17,19H,8-13H2. The predicted octanol–water partition coefficient (Wildman–Crippen LogP) is 3.08. The van der Waals surface area contributed by atoms with Crippen molar-refractivity contribution in [2.45, 2.75) is 36.6 Å². The zero-order chi connectivity index (χ0) is 15.9. The minimum Gasteiger partial charge on any atom is -0.381 e. The molecule has 23 heavy (non-hydrogen) atoms. The monoisotopic (exact) mass is 331 g/mol. The number of hydrogen-bond donors (Lipinski definition) is 1. The van der Waals surface area contributed by atoms with Gasteiger partial charge in [0.05, 0.1) is 4.90 Å². The number of fused-ring (bicyclic) bond motifs is 1. The summed E-state index contributed by atoms with van der Waals surface area (Å²) < 4.78 is 34.3. The molecule has 1 saturated heterocycles. The molecular weight excluding hydrogens is 310 g/mol. The molecule has 1 N–H and O–H groups in total. The van der Waals surface area contributed by atoms with E-state index in [-0.39, 0.29) is 11.5 Å². The summed E-state index contributed by atoms with van der Waals surface area (Å²) >= 11 is 0. The highest BCUT2D eigenvalue weighted by atomic mass is 32.2. The summed E-state index contributed by atoms with van der Waals surface area (Å²) in [4.78, 5) is 0.379. The van der Waals surface area contributed by atoms with Gasteiger partial charge in [-0.3, -0.25) is 0 Å². The molecular formula is C18H21NO3S. The van der Waals surface area contributed by atoms with Gasteiger partial charge in [0.1, 0.15) is 0 Å². The Hall–Kier alpha value is -1.43. The van der Waals surface area contributed by atoms with E-state index in [1.165, 1.54) is 0 Å². The molecule has 2 fully saturated rings. The molecule has 4 nitrogen and oxygen atoms in total. The van der Waals surface area contributed by atoms with E-state index in [4.69, 9.17) is 4.74 Å². The Morgan fingerprint density at radius 2 is 1.74 bits per heavy atom. The van der Waals surface area contributed by atoms with Crippen molar-refractivity contribution >= 4 is 20.8 Å². The second-order valence-electron chi connectivity index (χ2n) is 6.66. The molecule has 1 heterocycles. The molecule has 1 spiro atoms. The van der Waals surface area contributed by atoms with Crippen LogP contribution in [0.15, 0.2) is 47.4 Å². The Labute approximate surface area is 136 Å². The molecule has 1 aliphatic heterocycles. The Morgan fingerprint density at radius 3 is 2.48 bits per heavy atom. The quantitative estimate of drug-likeness (QED) is 0.940. The van der Waals surface area contributed by atoms with E-state index >= 15 is 0 Å². The minimum atomic E-state index is -3.51. The van der Waals surface area contributed by atoms with Crippen LogP contribution in [0, 0.1) is 5.41 Å². The SMILES string of the molecule is O=S(=O)(NC1CCC12CCOCC2)c1cccc2ccccc12. The van der Waals surface area contributed by atoms with Gasteiger partial charge in [-0.1, -0.05) is 36.4 Å². The van der Waals surface area contributed by atoms with Crippen molar-refractivity contribution in [3.63, 3.8) is 0 Å². The van der Waals surface area contributed by atoms with Crippen molar-refractivity contribution in [2.75, 3.05) is 13.2 Å². The Bertz CT molecular complexity index is 820. The van der Waals surface area contributed by atoms with Gasteiger partial charge in [0.2, 0.25) is 10.0 Å². The lowest BCUT2D eigenvalue weighted by atomic mass is 9.60. The molecule has 2 aromatic carbocycles. The van der Waals surface area contributed by atoms with Crippen LogP contribution in [-0.4, -0.2) is 27.7 Å². The molecule has 4 rings (SSSR count). The number of sulfonamides is 1. The molecule has 0 bridgehead atoms. The average Bonchev–Trinajstić information content (AvgIpc) is 2.59. The molecule has 0 amide bonds. The van der Waals surface area contributed by atoms with Gasteiger partial charge < -0.3 is 4.74 Å². The second-order valence-corrected chi connectivity index (χ2v) is 8.35. The molecule has 1 atom stereocenters. The number of rotatable bonds is 3. The van der Waals surface area contributed by atoms with Crippen molar-refractivity contribution in [1.29, 1.82) is 0 Å². The highest BCUT2D eigenvalue weighted by molar-refractivity contribution is 7.89. The maximum Gasteiger partial charge on any atom is 0.241 e. The second kappa shape index (κ2) is 5.58. The summed E-state index contributed by atoms with van der Waals surface area (Å²) in [5, 5.41) is 1.73. The number of hydrogen-bond acceptors (Lipinski definition) is 3. The van der Waals surface area contributed by atoms with Crippen LogP contribution in [0.25, 0.3) is 10.8 Å². The zero-order valence-electron chi connectivity index (χ0n) is 13.0. The van der Waals surface area contributed by atoms with E-state index in [0.717, 1.165) is 49.7 Å². The lowest BCUT2D eigenvalue weighted by Gasteiger charge is -2.51. The summed E-state index contributed by atoms with van der Waals surface area (Å²) in [5.41, 5.74) is 0.107. The topological polar surface area (TPSA) is 55.4 Å². The Kier molecular flexibility index (Phi) is 3.67. The summed E-state index contributed by atoms with van der Waals surface area (Å²) in [6.45, 7) is 1.49. The predicted molar refractivity (Wildman–Crippen MR) is 89.8 cm³/mol. The van der Waals surface area contributed by atoms with Gasteiger partial charge in [-0.25, -0.2) is 13.1 Å². The van der Waals surface area contributed by atoms with Crippen molar-refractivity contribution in [3.05, 3.63) is 42.5 Å². The number of benzene rings is 2. The van der Waals surface area contributed by atoms with E-state index in [1.54, 1.807) is 6.07 Å². The lowest BCUT2D eigenvalue weighted by Crippen LogP contribution is -2.57. The Balaban J connectivity index is 1.65. The average molecular weight is 331 g/mol. The first-order valence-corrected chi connectivity index (χ1v) is 9.67. The lowest BCUT2D eigenvalue weighted by molar-refractivity contribution is -0.0483. The summed E-state index contributed by atoms with van der Waals surface area (Å²) in [6, 6.07) is 13.1. The summed E-state index contributed by atoms with van der Waals surface area (Å²) in [5.74, 6) is 0. The van der Waals surface area contributed by atoms with Crippen molar-refractivity contribution in [2.24, 2.45) is 5.41 Å². The molecule has 1 aliphatic carbocycles. The van der Waals surface area contributed by atoms with Gasteiger partial charge in [0, 0.05) is 24.6 Å². The minimum absolute atomic E-state index is 0.0374. The van der Waals surface area contributed by atoms with Crippen LogP contribution in [0.2, 0.25) is 0 Å². The van der Waals surface area contributed by atoms with E-state index in [2.05, 4.69) is 4.72 Å². The summed E-state index contributed by atoms with van der Waals surface area (Å²) in [7, 11) is -3.51. The fourth-order valence-corrected chi connectivity index (χ4v) is 5.54. The molecule has 2 aliphatic rings. The molecule has 5 heteroatoms. The molecule has 0 radical (unpaired) electrons. The van der Waals surface area contributed by atoms with Gasteiger partial charge >= 0.3 is 0 Å². The van der Waals surface area contributed by atoms with Gasteiger partial charge in [-0.2, -0.15) is 0 Å². The van der Waals surface area contributed by atoms with Gasteiger partial charge in [-0.15, -0.1) is 0 Å². The van der Waals surface area contributed by atoms with Gasteiger partial charge in [0.25, 0.3) is 0 Å². The van der Waals surface area contributed by atoms with Crippen molar-refractivity contribution in [1.82, 2.24) is 4.72 Å². The highest BCUT2D eigenvalue weighted by Gasteiger charge is 2.48. The van der Waals surface area contributed by atoms with Crippen LogP contribution in [-0.2, 0) is 14.8 Å². The third kappa shape index (κ3) is 2.57. The third-order valence-corrected chi connectivity index (χ3v) is 7.03. The Morgan fingerprint density at radius 1 is 1.00 bits per heavy atom. The fraction of sp³-hybridized carbons (Fsp3) is 0.444. The molecule has 122 valence electrons. The number of nitrogens with one attached hydrogen (secondary N) is 1. The van der Waals surface area contributed by atoms with Crippen LogP contribution in [0.4, 0.5) is 0 Å². The van der Waals surface area contributed by atoms with Crippen molar-refractivity contribution in [3.8, 4) is 0 Å². The first-order valence-electron chi connectivity index (χ1n) is 8.19. The van der Waals surface area contributed by atoms with E-state index in [1.807, 2.05) is 36.4 Å².